The number of halogens is 1. The fraction of sp³-hybridized carbons (Fsp3) is 0.500. The van der Waals surface area contributed by atoms with Crippen molar-refractivity contribution in [2.45, 2.75) is 19.3 Å². The maximum absolute atomic E-state index is 12.4. The second-order valence-corrected chi connectivity index (χ2v) is 5.85. The Bertz CT molecular complexity index is 462. The summed E-state index contributed by atoms with van der Waals surface area (Å²) >= 11 is 3.31. The molecular weight excluding hydrogens is 310 g/mol. The van der Waals surface area contributed by atoms with Gasteiger partial charge in [-0.25, -0.2) is 0 Å². The number of likely N-dealkylation sites (tertiary alicyclic amines) is 1. The molecule has 0 radical (unpaired) electrons. The van der Waals surface area contributed by atoms with Crippen LogP contribution in [0.15, 0.2) is 22.7 Å². The van der Waals surface area contributed by atoms with E-state index in [-0.39, 0.29) is 18.3 Å². The van der Waals surface area contributed by atoms with Crippen molar-refractivity contribution in [3.05, 3.63) is 28.2 Å². The second-order valence-electron chi connectivity index (χ2n) is 4.93. The van der Waals surface area contributed by atoms with Gasteiger partial charge in [0.25, 0.3) is 5.91 Å². The summed E-state index contributed by atoms with van der Waals surface area (Å²) in [5.74, 6) is 0.232. The van der Waals surface area contributed by atoms with Gasteiger partial charge in [0.1, 0.15) is 5.75 Å². The Kier molecular flexibility index (Phi) is 4.82. The summed E-state index contributed by atoms with van der Waals surface area (Å²) in [7, 11) is 0. The van der Waals surface area contributed by atoms with Gasteiger partial charge in [-0.15, -0.1) is 0 Å². The number of benzene rings is 1. The molecule has 1 amide bonds. The van der Waals surface area contributed by atoms with E-state index in [4.69, 9.17) is 5.11 Å². The molecule has 5 heteroatoms. The topological polar surface area (TPSA) is 60.8 Å². The Balaban J connectivity index is 2.12. The van der Waals surface area contributed by atoms with E-state index < -0.39 is 0 Å². The first-order valence-corrected chi connectivity index (χ1v) is 7.29. The van der Waals surface area contributed by atoms with E-state index in [2.05, 4.69) is 15.9 Å². The second kappa shape index (κ2) is 6.39. The molecule has 0 bridgehead atoms. The number of aliphatic hydroxyl groups is 1. The molecule has 19 heavy (non-hydrogen) atoms. The molecule has 1 fully saturated rings. The molecule has 1 aromatic rings. The Morgan fingerprint density at radius 2 is 2.26 bits per heavy atom. The summed E-state index contributed by atoms with van der Waals surface area (Å²) < 4.78 is 0.776. The van der Waals surface area contributed by atoms with Crippen molar-refractivity contribution in [3.63, 3.8) is 0 Å². The average Bonchev–Trinajstić information content (AvgIpc) is 2.41. The normalized spacial score (nSPS) is 19.5. The molecule has 0 spiro atoms. The third-order valence-electron chi connectivity index (χ3n) is 3.53. The van der Waals surface area contributed by atoms with Crippen molar-refractivity contribution in [1.29, 1.82) is 0 Å². The lowest BCUT2D eigenvalue weighted by molar-refractivity contribution is 0.0650. The minimum Gasteiger partial charge on any atom is -0.507 e. The smallest absolute Gasteiger partial charge is 0.257 e. The highest BCUT2D eigenvalue weighted by Crippen LogP contribution is 2.26. The number of hydrogen-bond donors (Lipinski definition) is 2. The molecule has 1 heterocycles. The number of hydrogen-bond acceptors (Lipinski definition) is 3. The zero-order chi connectivity index (χ0) is 13.8. The lowest BCUT2D eigenvalue weighted by atomic mass is 9.94. The number of aromatic hydroxyl groups is 1. The standard InChI is InChI=1S/C14H18BrNO3/c15-11-3-4-13(18)12(8-11)14(19)16-6-1-2-10(9-16)5-7-17/h3-4,8,10,17-18H,1-2,5-7,9H2. The molecule has 1 atom stereocenters. The summed E-state index contributed by atoms with van der Waals surface area (Å²) in [5.41, 5.74) is 0.332. The molecule has 1 aromatic carbocycles. The van der Waals surface area contributed by atoms with Gasteiger partial charge >= 0.3 is 0 Å². The minimum atomic E-state index is -0.138. The number of rotatable bonds is 3. The van der Waals surface area contributed by atoms with Crippen molar-refractivity contribution < 1.29 is 15.0 Å². The minimum absolute atomic E-state index is 0.0116. The van der Waals surface area contributed by atoms with E-state index in [1.807, 2.05) is 0 Å². The van der Waals surface area contributed by atoms with Crippen LogP contribution < -0.4 is 0 Å². The SMILES string of the molecule is O=C(c1cc(Br)ccc1O)N1CCCC(CCO)C1. The molecule has 1 aliphatic rings. The predicted molar refractivity (Wildman–Crippen MR) is 76.1 cm³/mol. The van der Waals surface area contributed by atoms with Crippen LogP contribution in [-0.4, -0.2) is 40.7 Å². The lowest BCUT2D eigenvalue weighted by Gasteiger charge is -2.32. The van der Waals surface area contributed by atoms with Crippen LogP contribution in [0.1, 0.15) is 29.6 Å². The van der Waals surface area contributed by atoms with Crippen LogP contribution in [0.5, 0.6) is 5.75 Å². The average molecular weight is 328 g/mol. The molecule has 2 N–H and O–H groups in total. The zero-order valence-electron chi connectivity index (χ0n) is 10.7. The number of piperidine rings is 1. The number of phenolic OH excluding ortho intramolecular Hbond substituents is 1. The number of carbonyl (C=O) groups excluding carboxylic acids is 1. The van der Waals surface area contributed by atoms with Gasteiger partial charge in [0.2, 0.25) is 0 Å². The molecule has 1 unspecified atom stereocenters. The predicted octanol–water partition coefficient (Wildman–Crippen LogP) is 2.39. The Morgan fingerprint density at radius 1 is 1.47 bits per heavy atom. The van der Waals surface area contributed by atoms with E-state index >= 15 is 0 Å². The Morgan fingerprint density at radius 3 is 3.00 bits per heavy atom. The molecule has 0 saturated carbocycles. The van der Waals surface area contributed by atoms with Gasteiger partial charge in [0, 0.05) is 24.2 Å². The van der Waals surface area contributed by atoms with E-state index in [1.165, 1.54) is 6.07 Å². The summed E-state index contributed by atoms with van der Waals surface area (Å²) in [4.78, 5) is 14.2. The summed E-state index contributed by atoms with van der Waals surface area (Å²) in [6, 6.07) is 4.87. The number of aliphatic hydroxyl groups excluding tert-OH is 1. The highest BCUT2D eigenvalue weighted by molar-refractivity contribution is 9.10. The number of carbonyl (C=O) groups is 1. The van der Waals surface area contributed by atoms with Gasteiger partial charge in [-0.3, -0.25) is 4.79 Å². The van der Waals surface area contributed by atoms with Crippen LogP contribution in [-0.2, 0) is 0 Å². The zero-order valence-corrected chi connectivity index (χ0v) is 12.3. The quantitative estimate of drug-likeness (QED) is 0.896. The van der Waals surface area contributed by atoms with E-state index in [9.17, 15) is 9.90 Å². The Hall–Kier alpha value is -1.07. The molecular formula is C14H18BrNO3. The van der Waals surface area contributed by atoms with Crippen LogP contribution in [0.2, 0.25) is 0 Å². The van der Waals surface area contributed by atoms with Crippen LogP contribution in [0, 0.1) is 5.92 Å². The summed E-state index contributed by atoms with van der Waals surface area (Å²) in [6.45, 7) is 1.53. The summed E-state index contributed by atoms with van der Waals surface area (Å²) in [5, 5.41) is 18.8. The highest BCUT2D eigenvalue weighted by atomic mass is 79.9. The maximum Gasteiger partial charge on any atom is 0.257 e. The van der Waals surface area contributed by atoms with Crippen LogP contribution >= 0.6 is 15.9 Å². The monoisotopic (exact) mass is 327 g/mol. The third kappa shape index (κ3) is 3.48. The maximum atomic E-state index is 12.4. The van der Waals surface area contributed by atoms with E-state index in [1.54, 1.807) is 17.0 Å². The van der Waals surface area contributed by atoms with Crippen molar-refractivity contribution in [1.82, 2.24) is 4.90 Å². The first kappa shape index (κ1) is 14.3. The fourth-order valence-electron chi connectivity index (χ4n) is 2.52. The molecule has 2 rings (SSSR count). The fourth-order valence-corrected chi connectivity index (χ4v) is 2.88. The van der Waals surface area contributed by atoms with Gasteiger partial charge in [0.15, 0.2) is 0 Å². The van der Waals surface area contributed by atoms with Crippen molar-refractivity contribution in [3.8, 4) is 5.75 Å². The van der Waals surface area contributed by atoms with Crippen molar-refractivity contribution >= 4 is 21.8 Å². The largest absolute Gasteiger partial charge is 0.507 e. The van der Waals surface area contributed by atoms with Crippen molar-refractivity contribution in [2.75, 3.05) is 19.7 Å². The molecule has 0 aromatic heterocycles. The molecule has 4 nitrogen and oxygen atoms in total. The lowest BCUT2D eigenvalue weighted by Crippen LogP contribution is -2.40. The molecule has 1 saturated heterocycles. The Labute approximate surface area is 121 Å². The van der Waals surface area contributed by atoms with Gasteiger partial charge in [-0.1, -0.05) is 15.9 Å². The molecule has 1 aliphatic heterocycles. The van der Waals surface area contributed by atoms with Gasteiger partial charge in [-0.2, -0.15) is 0 Å². The van der Waals surface area contributed by atoms with Gasteiger partial charge in [0.05, 0.1) is 5.56 Å². The molecule has 104 valence electrons. The van der Waals surface area contributed by atoms with Gasteiger partial charge in [-0.05, 0) is 43.4 Å². The van der Waals surface area contributed by atoms with E-state index in [0.717, 1.165) is 23.7 Å². The third-order valence-corrected chi connectivity index (χ3v) is 4.03. The first-order chi connectivity index (χ1) is 9.11. The summed E-state index contributed by atoms with van der Waals surface area (Å²) in [6.07, 6.45) is 2.73. The molecule has 0 aliphatic carbocycles. The van der Waals surface area contributed by atoms with Crippen LogP contribution in [0.4, 0.5) is 0 Å². The van der Waals surface area contributed by atoms with Crippen molar-refractivity contribution in [2.24, 2.45) is 5.92 Å². The number of phenols is 1. The van der Waals surface area contributed by atoms with Crippen LogP contribution in [0.3, 0.4) is 0 Å². The first-order valence-electron chi connectivity index (χ1n) is 6.50. The number of nitrogens with zero attached hydrogens (tertiary/aromatic N) is 1. The van der Waals surface area contributed by atoms with E-state index in [0.29, 0.717) is 24.6 Å². The van der Waals surface area contributed by atoms with Crippen LogP contribution in [0.25, 0.3) is 0 Å². The number of amides is 1. The highest BCUT2D eigenvalue weighted by Gasteiger charge is 2.25. The van der Waals surface area contributed by atoms with Gasteiger partial charge < -0.3 is 15.1 Å².